The van der Waals surface area contributed by atoms with E-state index in [0.717, 1.165) is 90.3 Å². The summed E-state index contributed by atoms with van der Waals surface area (Å²) in [5.74, 6) is 6.96. The van der Waals surface area contributed by atoms with Gasteiger partial charge < -0.3 is 43.6 Å². The molecular weight excluding hydrogens is 1180 g/mol. The fraction of sp³-hybridized carbons (Fsp3) is 0.691. The van der Waals surface area contributed by atoms with Crippen LogP contribution in [0.15, 0.2) is 107 Å². The van der Waals surface area contributed by atoms with Gasteiger partial charge in [-0.15, -0.1) is 0 Å². The molecule has 14 fully saturated rings. The van der Waals surface area contributed by atoms with Gasteiger partial charge in [-0.05, 0) is 214 Å². The molecule has 492 valence electrons. The Balaban J connectivity index is 0.778. The fourth-order valence-electron chi connectivity index (χ4n) is 31.0. The molecule has 1 aromatic carbocycles. The largest absolute Gasteiger partial charge is 0.469 e. The predicted octanol–water partition coefficient (Wildman–Crippen LogP) is 10.3. The van der Waals surface area contributed by atoms with E-state index in [9.17, 15) is 10.2 Å². The molecule has 11 bridgehead atoms. The van der Waals surface area contributed by atoms with Crippen molar-refractivity contribution in [3.8, 4) is 11.8 Å². The van der Waals surface area contributed by atoms with Crippen LogP contribution in [0.25, 0.3) is 0 Å². The highest BCUT2D eigenvalue weighted by Gasteiger charge is 3.01. The number of nitrogens with one attached hydrogen (secondary N) is 1. The van der Waals surface area contributed by atoms with E-state index in [-0.39, 0.29) is 83.5 Å². The number of esters is 2. The Morgan fingerprint density at radius 2 is 1.81 bits per heavy atom. The molecule has 13 aliphatic carbocycles. The summed E-state index contributed by atoms with van der Waals surface area (Å²) in [6.07, 6.45) is 34.8. The van der Waals surface area contributed by atoms with Gasteiger partial charge in [0.1, 0.15) is 29.7 Å². The number of hydrogen-bond donors (Lipinski definition) is 4. The molecule has 4 N–H and O–H groups in total. The number of epoxide rings is 1. The van der Waals surface area contributed by atoms with Crippen LogP contribution in [0.1, 0.15) is 139 Å². The molecule has 13 heteroatoms. The van der Waals surface area contributed by atoms with Gasteiger partial charge >= 0.3 is 11.9 Å². The average Bonchev–Trinajstić information content (AvgIpc) is 1.40. The van der Waals surface area contributed by atoms with Crippen LogP contribution >= 0.6 is 0 Å². The maximum Gasteiger partial charge on any atom is 0.339 e. The summed E-state index contributed by atoms with van der Waals surface area (Å²) in [5.41, 5.74) is -5.28. The molecular formula is C81H92N2O11. The lowest BCUT2D eigenvalue weighted by molar-refractivity contribution is -0.315. The Labute approximate surface area is 551 Å². The van der Waals surface area contributed by atoms with Gasteiger partial charge in [-0.3, -0.25) is 14.9 Å². The van der Waals surface area contributed by atoms with Crippen LogP contribution in [0, 0.1) is 145 Å². The van der Waals surface area contributed by atoms with Crippen molar-refractivity contribution in [3.05, 3.63) is 119 Å². The van der Waals surface area contributed by atoms with Gasteiger partial charge in [-0.25, -0.2) is 4.79 Å². The van der Waals surface area contributed by atoms with Crippen LogP contribution in [-0.2, 0) is 51.8 Å². The maximum atomic E-state index is 18.4. The second-order valence-electron chi connectivity index (χ2n) is 35.4. The van der Waals surface area contributed by atoms with Gasteiger partial charge in [-0.1, -0.05) is 104 Å². The minimum atomic E-state index is -1.60. The highest BCUT2D eigenvalue weighted by atomic mass is 16.7. The third-order valence-electron chi connectivity index (χ3n) is 33.5. The Morgan fingerprint density at radius 3 is 2.70 bits per heavy atom. The first-order chi connectivity index (χ1) is 45.8. The van der Waals surface area contributed by atoms with Gasteiger partial charge in [0.2, 0.25) is 0 Å². The number of cyclic esters (lactones) is 1. The van der Waals surface area contributed by atoms with Crippen molar-refractivity contribution in [2.24, 2.45) is 134 Å². The molecule has 9 saturated carbocycles. The number of ketones is 1. The zero-order valence-electron chi connectivity index (χ0n) is 54.4. The molecule has 8 heterocycles. The number of aliphatic hydroxyl groups is 3. The molecule has 22 rings (SSSR count). The number of fused-ring (bicyclic) bond motifs is 7. The van der Waals surface area contributed by atoms with Crippen molar-refractivity contribution in [2.45, 2.75) is 182 Å². The van der Waals surface area contributed by atoms with E-state index in [2.05, 4.69) is 108 Å². The molecule has 2 aromatic rings. The lowest BCUT2D eigenvalue weighted by atomic mass is 9.28. The maximum absolute atomic E-state index is 18.4. The first kappa shape index (κ1) is 56.9. The molecule has 94 heavy (non-hydrogen) atoms. The van der Waals surface area contributed by atoms with E-state index in [4.69, 9.17) is 23.4 Å². The summed E-state index contributed by atoms with van der Waals surface area (Å²) in [7, 11) is 0. The molecule has 20 aliphatic rings. The number of nitrogens with zero attached hydrogens (tertiary/aromatic N) is 1. The van der Waals surface area contributed by atoms with Crippen LogP contribution in [0.5, 0.6) is 0 Å². The predicted molar refractivity (Wildman–Crippen MR) is 343 cm³/mol. The normalized spacial score (nSPS) is 54.6. The summed E-state index contributed by atoms with van der Waals surface area (Å²) in [4.78, 5) is 53.5. The smallest absolute Gasteiger partial charge is 0.339 e. The second kappa shape index (κ2) is 18.6. The topological polar surface area (TPSA) is 181 Å². The lowest BCUT2D eigenvalue weighted by Crippen LogP contribution is -2.84. The van der Waals surface area contributed by atoms with E-state index < -0.39 is 98.6 Å². The SMILES string of the molecule is C[C@]12C[C@H]3C[C@@]45CCC[C@H]4CC4=C[C@@H]6[C@@]78C=C[C@H]9CCC[C@H]9[C@H]7CC=C7C=C[C@H](C[C@H]78)[C@]67O[C@]46[C@H]5C(=O)OC[C@@]64[C@@H]7C(=O)[C@@H](O)[C@@]5([C@H]34)[C@H]3C[C@@H](Cc4ccccc4)CC[C@H]3C#CC[C@@]1(c1ccoc1C[C@@H]([C@H]1CC[C@H]3[C@H](C=CN4CNC[C@H]34)C1)[C@H](O)CO)OC(=O)[C@H]1O[C@@]152. The molecule has 7 spiro atoms. The van der Waals surface area contributed by atoms with Gasteiger partial charge in [-0.2, -0.15) is 0 Å². The Hall–Kier alpha value is -5.07. The van der Waals surface area contributed by atoms with Crippen molar-refractivity contribution in [1.82, 2.24) is 10.2 Å². The van der Waals surface area contributed by atoms with Crippen LogP contribution in [0.2, 0.25) is 0 Å². The number of ether oxygens (including phenoxy) is 4. The quantitative estimate of drug-likeness (QED) is 0.0850. The van der Waals surface area contributed by atoms with E-state index in [1.807, 2.05) is 6.07 Å². The van der Waals surface area contributed by atoms with Gasteiger partial charge in [0.05, 0.1) is 54.9 Å². The number of carbonyl (C=O) groups is 3. The Kier molecular flexibility index (Phi) is 11.3. The summed E-state index contributed by atoms with van der Waals surface area (Å²) >= 11 is 0. The molecule has 1 aromatic heterocycles. The van der Waals surface area contributed by atoms with Crippen LogP contribution in [-0.4, -0.2) is 106 Å². The van der Waals surface area contributed by atoms with Crippen LogP contribution in [0.3, 0.4) is 0 Å². The molecule has 0 amide bonds. The number of hydrogen-bond acceptors (Lipinski definition) is 13. The highest BCUT2D eigenvalue weighted by molar-refractivity contribution is 5.95. The Morgan fingerprint density at radius 1 is 0.904 bits per heavy atom. The zero-order valence-corrected chi connectivity index (χ0v) is 54.4. The number of rotatable bonds is 8. The summed E-state index contributed by atoms with van der Waals surface area (Å²) in [5, 5.41) is 42.3. The third kappa shape index (κ3) is 6.12. The first-order valence-electron chi connectivity index (χ1n) is 37.6. The zero-order chi connectivity index (χ0) is 62.6. The molecule has 0 radical (unpaired) electrons. The standard InChI is InChI=1S/C81H92N2O11/c1-73-37-50-38-74-25-7-12-51(74)33-53-35-64-75-27-22-45-10-5-13-54(45)57(75)21-18-47-16-19-52(34-59(47)75)79(64)67-65(86)69(87)78(66(50)76(67)41-91-71(88)68(74)80(53,76)94-79)60-31-44(30-43-8-3-2-4-9-43)14-15-46(60)11-6-26-77(73,93-72(89)70-81(73,78)92-70)58-24-29-90-63(58)36-56(62(85)40-84)48-17-20-55-49(32-48)23-28-83-42-82-39-61(55)83/h2-4,8-9,16,18-19,22-24,27-29,35,44-46,48-52,54-57,59-62,64,66-70,82,84-85,87H,5,7,10,12-15,17,20-21,25-26,30-34,36-42H2,1H3/t44-,45-,46-,48+,49-,50+,51+,52-,54-,55+,56+,57-,59-,60+,61-,62-,64-,66-,67+,68+,69-,70-,73+,74+,75+,76-,77+,78+,79+,80+,81-/m1/s1. The number of aliphatic hydroxyl groups excluding tert-OH is 3. The Bertz CT molecular complexity index is 3910. The monoisotopic (exact) mass is 1270 g/mol. The minimum Gasteiger partial charge on any atom is -0.469 e. The van der Waals surface area contributed by atoms with E-state index in [1.54, 1.807) is 6.26 Å². The third-order valence-corrected chi connectivity index (χ3v) is 33.5. The number of Topliss-reactive ketones (excluding diaryl/α,β-unsaturated/α-hetero) is 1. The van der Waals surface area contributed by atoms with Crippen molar-refractivity contribution < 1.29 is 53.1 Å². The van der Waals surface area contributed by atoms with Gasteiger partial charge in [0.25, 0.3) is 0 Å². The molecule has 5 saturated heterocycles. The van der Waals surface area contributed by atoms with Crippen molar-refractivity contribution in [2.75, 3.05) is 26.4 Å². The fourth-order valence-corrected chi connectivity index (χ4v) is 31.0. The summed E-state index contributed by atoms with van der Waals surface area (Å²) in [6, 6.07) is 13.2. The van der Waals surface area contributed by atoms with Crippen LogP contribution in [0.4, 0.5) is 0 Å². The van der Waals surface area contributed by atoms with E-state index in [1.165, 1.54) is 36.0 Å². The average molecular weight is 1270 g/mol. The minimum absolute atomic E-state index is 0.0152. The molecule has 13 nitrogen and oxygen atoms in total. The van der Waals surface area contributed by atoms with E-state index >= 15 is 19.5 Å². The van der Waals surface area contributed by atoms with Gasteiger partial charge in [0.15, 0.2) is 17.5 Å². The molecule has 31 atom stereocenters. The molecule has 7 aliphatic heterocycles. The van der Waals surface area contributed by atoms with Crippen LogP contribution < -0.4 is 5.32 Å². The van der Waals surface area contributed by atoms with Gasteiger partial charge in [0, 0.05) is 58.6 Å². The van der Waals surface area contributed by atoms with Crippen molar-refractivity contribution in [3.63, 3.8) is 0 Å². The number of benzene rings is 1. The van der Waals surface area contributed by atoms with Crippen molar-refractivity contribution in [1.29, 1.82) is 0 Å². The number of carbonyl (C=O) groups excluding carboxylic acids is 3. The number of furan rings is 1. The second-order valence-corrected chi connectivity index (χ2v) is 35.4. The van der Waals surface area contributed by atoms with Crippen molar-refractivity contribution >= 4 is 17.7 Å². The lowest BCUT2D eigenvalue weighted by Gasteiger charge is -2.74. The summed E-state index contributed by atoms with van der Waals surface area (Å²) in [6.45, 7) is 3.75. The molecule has 0 unspecified atom stereocenters. The highest BCUT2D eigenvalue weighted by Crippen LogP contribution is 2.93. The first-order valence-corrected chi connectivity index (χ1v) is 37.6. The van der Waals surface area contributed by atoms with E-state index in [0.29, 0.717) is 72.6 Å². The summed E-state index contributed by atoms with van der Waals surface area (Å²) < 4.78 is 38.5. The number of allylic oxidation sites excluding steroid dienone is 6.